The van der Waals surface area contributed by atoms with Gasteiger partial charge in [-0.1, -0.05) is 23.2 Å². The van der Waals surface area contributed by atoms with E-state index in [1.807, 2.05) is 0 Å². The Balaban J connectivity index is 2.04. The molecule has 2 aromatic rings. The van der Waals surface area contributed by atoms with Gasteiger partial charge in [0.15, 0.2) is 6.61 Å². The van der Waals surface area contributed by atoms with Gasteiger partial charge < -0.3 is 10.1 Å². The molecule has 0 saturated carbocycles. The summed E-state index contributed by atoms with van der Waals surface area (Å²) in [5.74, 6) is -2.66. The zero-order valence-corrected chi connectivity index (χ0v) is 13.8. The van der Waals surface area contributed by atoms with E-state index in [0.29, 0.717) is 0 Å². The first-order chi connectivity index (χ1) is 11.8. The lowest BCUT2D eigenvalue weighted by Crippen LogP contribution is -2.21. The van der Waals surface area contributed by atoms with Crippen LogP contribution in [0.25, 0.3) is 0 Å². The number of carbonyl (C=O) groups excluding carboxylic acids is 2. The Kier molecular flexibility index (Phi) is 5.89. The topological polar surface area (TPSA) is 98.5 Å². The van der Waals surface area contributed by atoms with E-state index in [0.717, 1.165) is 18.2 Å². The fourth-order valence-corrected chi connectivity index (χ4v) is 2.16. The number of hydrogen-bond acceptors (Lipinski definition) is 5. The highest BCUT2D eigenvalue weighted by Gasteiger charge is 2.22. The van der Waals surface area contributed by atoms with Gasteiger partial charge in [-0.2, -0.15) is 0 Å². The molecule has 10 heteroatoms. The van der Waals surface area contributed by atoms with Crippen molar-refractivity contribution < 1.29 is 23.6 Å². The van der Waals surface area contributed by atoms with E-state index in [1.165, 1.54) is 18.2 Å². The molecule has 0 aliphatic rings. The highest BCUT2D eigenvalue weighted by atomic mass is 35.5. The molecular formula is C15H9Cl2FN2O5. The summed E-state index contributed by atoms with van der Waals surface area (Å²) in [7, 11) is 0. The van der Waals surface area contributed by atoms with Gasteiger partial charge >= 0.3 is 5.97 Å². The van der Waals surface area contributed by atoms with Crippen LogP contribution in [0.15, 0.2) is 36.4 Å². The lowest BCUT2D eigenvalue weighted by molar-refractivity contribution is -0.385. The lowest BCUT2D eigenvalue weighted by atomic mass is 10.2. The van der Waals surface area contributed by atoms with Crippen molar-refractivity contribution in [2.45, 2.75) is 0 Å². The van der Waals surface area contributed by atoms with E-state index in [1.54, 1.807) is 0 Å². The standard InChI is InChI=1S/C15H9Cl2FN2O5/c16-8-2-4-11(18)12(5-8)19-14(21)7-25-15(22)10-3-1-9(17)6-13(10)20(23)24/h1-6H,7H2,(H,19,21). The SMILES string of the molecule is O=C(COC(=O)c1ccc(Cl)cc1[N+](=O)[O-])Nc1cc(Cl)ccc1F. The number of carbonyl (C=O) groups is 2. The van der Waals surface area contributed by atoms with Crippen LogP contribution in [-0.2, 0) is 9.53 Å². The predicted octanol–water partition coefficient (Wildman–Crippen LogP) is 3.84. The highest BCUT2D eigenvalue weighted by Crippen LogP contribution is 2.24. The van der Waals surface area contributed by atoms with E-state index in [-0.39, 0.29) is 21.3 Å². The third-order valence-corrected chi connectivity index (χ3v) is 3.38. The summed E-state index contributed by atoms with van der Waals surface area (Å²) >= 11 is 11.3. The molecule has 0 spiro atoms. The number of nitro benzene ring substituents is 1. The Hall–Kier alpha value is -2.71. The zero-order chi connectivity index (χ0) is 18.6. The number of benzene rings is 2. The number of nitro groups is 1. The number of amides is 1. The zero-order valence-electron chi connectivity index (χ0n) is 12.3. The molecule has 0 aliphatic carbocycles. The average Bonchev–Trinajstić information content (AvgIpc) is 2.56. The molecule has 0 saturated heterocycles. The number of rotatable bonds is 5. The second kappa shape index (κ2) is 7.91. The van der Waals surface area contributed by atoms with Crippen LogP contribution >= 0.6 is 23.2 Å². The van der Waals surface area contributed by atoms with Crippen LogP contribution in [0.2, 0.25) is 10.0 Å². The average molecular weight is 387 g/mol. The minimum atomic E-state index is -1.09. The van der Waals surface area contributed by atoms with Gasteiger partial charge in [-0.3, -0.25) is 14.9 Å². The fourth-order valence-electron chi connectivity index (χ4n) is 1.82. The second-order valence-corrected chi connectivity index (χ2v) is 5.54. The van der Waals surface area contributed by atoms with Gasteiger partial charge in [0.25, 0.3) is 11.6 Å². The van der Waals surface area contributed by atoms with Gasteiger partial charge in [0.2, 0.25) is 0 Å². The second-order valence-electron chi connectivity index (χ2n) is 4.67. The molecule has 0 aliphatic heterocycles. The van der Waals surface area contributed by atoms with Crippen molar-refractivity contribution in [3.63, 3.8) is 0 Å². The number of hydrogen-bond donors (Lipinski definition) is 1. The summed E-state index contributed by atoms with van der Waals surface area (Å²) in [4.78, 5) is 33.8. The predicted molar refractivity (Wildman–Crippen MR) is 88.4 cm³/mol. The third-order valence-electron chi connectivity index (χ3n) is 2.91. The number of ether oxygens (including phenoxy) is 1. The van der Waals surface area contributed by atoms with Crippen LogP contribution in [0.4, 0.5) is 15.8 Å². The summed E-state index contributed by atoms with van der Waals surface area (Å²) in [6, 6.07) is 6.90. The third kappa shape index (κ3) is 4.88. The van der Waals surface area contributed by atoms with E-state index in [9.17, 15) is 24.1 Å². The Morgan fingerprint density at radius 2 is 1.80 bits per heavy atom. The van der Waals surface area contributed by atoms with Crippen LogP contribution in [0, 0.1) is 15.9 Å². The summed E-state index contributed by atoms with van der Waals surface area (Å²) in [6.07, 6.45) is 0. The van der Waals surface area contributed by atoms with Gasteiger partial charge in [-0.05, 0) is 30.3 Å². The lowest BCUT2D eigenvalue weighted by Gasteiger charge is -2.08. The summed E-state index contributed by atoms with van der Waals surface area (Å²) in [5.41, 5.74) is -1.11. The summed E-state index contributed by atoms with van der Waals surface area (Å²) in [6.45, 7) is -0.773. The van der Waals surface area contributed by atoms with E-state index in [2.05, 4.69) is 5.32 Å². The molecule has 0 aromatic heterocycles. The fraction of sp³-hybridized carbons (Fsp3) is 0.0667. The molecule has 25 heavy (non-hydrogen) atoms. The molecule has 0 radical (unpaired) electrons. The van der Waals surface area contributed by atoms with E-state index in [4.69, 9.17) is 27.9 Å². The van der Waals surface area contributed by atoms with Crippen LogP contribution in [0.1, 0.15) is 10.4 Å². The maximum atomic E-state index is 13.5. The number of nitrogens with one attached hydrogen (secondary N) is 1. The van der Waals surface area contributed by atoms with Gasteiger partial charge in [-0.25, -0.2) is 9.18 Å². The highest BCUT2D eigenvalue weighted by molar-refractivity contribution is 6.31. The molecule has 0 fully saturated rings. The smallest absolute Gasteiger partial charge is 0.345 e. The van der Waals surface area contributed by atoms with Gasteiger partial charge in [0.1, 0.15) is 11.4 Å². The van der Waals surface area contributed by atoms with Crippen LogP contribution < -0.4 is 5.32 Å². The Morgan fingerprint density at radius 1 is 1.16 bits per heavy atom. The maximum absolute atomic E-state index is 13.5. The van der Waals surface area contributed by atoms with Crippen LogP contribution in [-0.4, -0.2) is 23.4 Å². The number of halogens is 3. The molecule has 0 unspecified atom stereocenters. The van der Waals surface area contributed by atoms with Crippen molar-refractivity contribution in [1.29, 1.82) is 0 Å². The number of nitrogens with zero attached hydrogens (tertiary/aromatic N) is 1. The molecule has 2 aromatic carbocycles. The molecule has 0 heterocycles. The number of anilines is 1. The van der Waals surface area contributed by atoms with Gasteiger partial charge in [0, 0.05) is 16.1 Å². The van der Waals surface area contributed by atoms with Crippen molar-refractivity contribution >= 4 is 46.5 Å². The molecule has 1 N–H and O–H groups in total. The molecule has 2 rings (SSSR count). The number of esters is 1. The quantitative estimate of drug-likeness (QED) is 0.478. The van der Waals surface area contributed by atoms with Crippen LogP contribution in [0.5, 0.6) is 0 Å². The van der Waals surface area contributed by atoms with Crippen molar-refractivity contribution in [1.82, 2.24) is 0 Å². The molecule has 1 amide bonds. The molecule has 7 nitrogen and oxygen atoms in total. The van der Waals surface area contributed by atoms with E-state index < -0.39 is 34.9 Å². The molecule has 0 bridgehead atoms. The minimum absolute atomic E-state index is 0.0671. The molecular weight excluding hydrogens is 378 g/mol. The maximum Gasteiger partial charge on any atom is 0.345 e. The monoisotopic (exact) mass is 386 g/mol. The first-order valence-electron chi connectivity index (χ1n) is 6.64. The Labute approximate surface area is 150 Å². The first kappa shape index (κ1) is 18.6. The van der Waals surface area contributed by atoms with Crippen molar-refractivity contribution in [2.24, 2.45) is 0 Å². The van der Waals surface area contributed by atoms with Crippen LogP contribution in [0.3, 0.4) is 0 Å². The molecule has 130 valence electrons. The Bertz CT molecular complexity index is 860. The Morgan fingerprint density at radius 3 is 2.48 bits per heavy atom. The van der Waals surface area contributed by atoms with Gasteiger partial charge in [0.05, 0.1) is 10.6 Å². The van der Waals surface area contributed by atoms with Crippen molar-refractivity contribution in [3.05, 3.63) is 67.9 Å². The minimum Gasteiger partial charge on any atom is -0.452 e. The summed E-state index contributed by atoms with van der Waals surface area (Å²) in [5, 5.41) is 13.4. The van der Waals surface area contributed by atoms with Crippen molar-refractivity contribution in [2.75, 3.05) is 11.9 Å². The first-order valence-corrected chi connectivity index (χ1v) is 7.39. The largest absolute Gasteiger partial charge is 0.452 e. The van der Waals surface area contributed by atoms with Crippen molar-refractivity contribution in [3.8, 4) is 0 Å². The normalized spacial score (nSPS) is 10.2. The van der Waals surface area contributed by atoms with E-state index >= 15 is 0 Å². The van der Waals surface area contributed by atoms with Gasteiger partial charge in [-0.15, -0.1) is 0 Å². The summed E-state index contributed by atoms with van der Waals surface area (Å²) < 4.78 is 18.2. The molecule has 0 atom stereocenters.